The van der Waals surface area contributed by atoms with Gasteiger partial charge in [-0.1, -0.05) is 18.1 Å². The largest absolute Gasteiger partial charge is 0.477 e. The summed E-state index contributed by atoms with van der Waals surface area (Å²) in [5.41, 5.74) is 1.58. The minimum atomic E-state index is -0.269. The fourth-order valence-corrected chi connectivity index (χ4v) is 5.26. The number of rotatable bonds is 9. The Morgan fingerprint density at radius 2 is 2.11 bits per heavy atom. The van der Waals surface area contributed by atoms with Crippen molar-refractivity contribution in [2.45, 2.75) is 32.4 Å². The molecule has 2 fully saturated rings. The second kappa shape index (κ2) is 10.9. The number of pyridine rings is 1. The van der Waals surface area contributed by atoms with Crippen molar-refractivity contribution in [1.29, 1.82) is 0 Å². The molecule has 0 bridgehead atoms. The van der Waals surface area contributed by atoms with Crippen molar-refractivity contribution in [3.05, 3.63) is 47.9 Å². The molecule has 2 aliphatic heterocycles. The van der Waals surface area contributed by atoms with Gasteiger partial charge in [-0.25, -0.2) is 9.37 Å². The number of aromatic nitrogens is 2. The zero-order valence-electron chi connectivity index (χ0n) is 20.3. The second-order valence-electron chi connectivity index (χ2n) is 9.56. The van der Waals surface area contributed by atoms with Crippen LogP contribution < -0.4 is 9.64 Å². The van der Waals surface area contributed by atoms with Gasteiger partial charge in [-0.3, -0.25) is 9.80 Å². The third-order valence-electron chi connectivity index (χ3n) is 7.22. The number of benzene rings is 1. The average Bonchev–Trinajstić information content (AvgIpc) is 3.30. The molecular formula is C26H34FN5O3. The molecule has 1 N–H and O–H groups in total. The van der Waals surface area contributed by atoms with E-state index in [1.54, 1.807) is 6.07 Å². The molecule has 188 valence electrons. The molecule has 5 rings (SSSR count). The number of aliphatic hydroxyl groups is 1. The first-order chi connectivity index (χ1) is 17.1. The van der Waals surface area contributed by atoms with E-state index in [2.05, 4.69) is 31.8 Å². The summed E-state index contributed by atoms with van der Waals surface area (Å²) in [6.45, 7) is 8.76. The molecule has 9 heteroatoms. The van der Waals surface area contributed by atoms with Crippen LogP contribution in [-0.2, 0) is 6.54 Å². The van der Waals surface area contributed by atoms with Crippen molar-refractivity contribution in [1.82, 2.24) is 19.9 Å². The summed E-state index contributed by atoms with van der Waals surface area (Å²) >= 11 is 0. The highest BCUT2D eigenvalue weighted by Crippen LogP contribution is 2.31. The maximum Gasteiger partial charge on any atom is 0.213 e. The standard InChI is InChI=1S/C26H34FN5O3/c1-2-30(12-13-33)16-21-4-3-5-25(28-21)34-18-19-6-8-22-17-32(11-10-31(22)15-19)26-23-14-20(27)7-9-24(23)35-29-26/h3-5,7,9,14,19,22,33H,2,6,8,10-13,15-18H2,1H3/t19-,22-/m1/s1. The van der Waals surface area contributed by atoms with Crippen molar-refractivity contribution in [2.75, 3.05) is 57.4 Å². The van der Waals surface area contributed by atoms with Crippen molar-refractivity contribution >= 4 is 16.8 Å². The van der Waals surface area contributed by atoms with Crippen LogP contribution in [0.2, 0.25) is 0 Å². The van der Waals surface area contributed by atoms with E-state index >= 15 is 0 Å². The number of hydrogen-bond acceptors (Lipinski definition) is 8. The van der Waals surface area contributed by atoms with E-state index in [-0.39, 0.29) is 12.4 Å². The fraction of sp³-hybridized carbons (Fsp3) is 0.538. The Morgan fingerprint density at radius 3 is 2.97 bits per heavy atom. The first-order valence-electron chi connectivity index (χ1n) is 12.6. The molecule has 0 amide bonds. The minimum Gasteiger partial charge on any atom is -0.477 e. The zero-order chi connectivity index (χ0) is 24.2. The van der Waals surface area contributed by atoms with E-state index in [9.17, 15) is 9.50 Å². The van der Waals surface area contributed by atoms with E-state index in [4.69, 9.17) is 9.26 Å². The van der Waals surface area contributed by atoms with Crippen molar-refractivity contribution < 1.29 is 18.8 Å². The van der Waals surface area contributed by atoms with Crippen molar-refractivity contribution in [3.8, 4) is 5.88 Å². The zero-order valence-corrected chi connectivity index (χ0v) is 20.3. The van der Waals surface area contributed by atoms with Crippen LogP contribution in [0.1, 0.15) is 25.5 Å². The maximum atomic E-state index is 13.8. The highest BCUT2D eigenvalue weighted by atomic mass is 19.1. The van der Waals surface area contributed by atoms with Crippen LogP contribution in [0.3, 0.4) is 0 Å². The van der Waals surface area contributed by atoms with Gasteiger partial charge in [0.1, 0.15) is 5.82 Å². The number of halogens is 1. The van der Waals surface area contributed by atoms with Gasteiger partial charge in [0.25, 0.3) is 0 Å². The number of hydrogen-bond donors (Lipinski definition) is 1. The minimum absolute atomic E-state index is 0.148. The highest BCUT2D eigenvalue weighted by molar-refractivity contribution is 5.88. The summed E-state index contributed by atoms with van der Waals surface area (Å²) in [5.74, 6) is 1.61. The molecule has 2 aromatic heterocycles. The Bertz CT molecular complexity index is 1130. The Kier molecular flexibility index (Phi) is 7.46. The highest BCUT2D eigenvalue weighted by Gasteiger charge is 2.34. The lowest BCUT2D eigenvalue weighted by Crippen LogP contribution is -2.57. The average molecular weight is 484 g/mol. The van der Waals surface area contributed by atoms with Crippen LogP contribution in [-0.4, -0.2) is 83.6 Å². The maximum absolute atomic E-state index is 13.8. The first kappa shape index (κ1) is 24.0. The molecule has 0 spiro atoms. The summed E-state index contributed by atoms with van der Waals surface area (Å²) in [6, 6.07) is 10.9. The molecule has 8 nitrogen and oxygen atoms in total. The Morgan fingerprint density at radius 1 is 1.20 bits per heavy atom. The lowest BCUT2D eigenvalue weighted by molar-refractivity contribution is 0.0716. The van der Waals surface area contributed by atoms with Crippen LogP contribution in [0.15, 0.2) is 40.9 Å². The van der Waals surface area contributed by atoms with Gasteiger partial charge < -0.3 is 19.3 Å². The fourth-order valence-electron chi connectivity index (χ4n) is 5.26. The first-order valence-corrected chi connectivity index (χ1v) is 12.6. The molecule has 2 saturated heterocycles. The number of aliphatic hydroxyl groups excluding tert-OH is 1. The van der Waals surface area contributed by atoms with Gasteiger partial charge in [0, 0.05) is 57.3 Å². The van der Waals surface area contributed by atoms with E-state index in [1.165, 1.54) is 12.1 Å². The van der Waals surface area contributed by atoms with Gasteiger partial charge in [0.2, 0.25) is 5.88 Å². The lowest BCUT2D eigenvalue weighted by Gasteiger charge is -2.46. The quantitative estimate of drug-likeness (QED) is 0.497. The molecule has 3 aromatic rings. The molecule has 4 heterocycles. The number of anilines is 1. The van der Waals surface area contributed by atoms with Gasteiger partial charge in [0.15, 0.2) is 11.4 Å². The molecule has 2 atom stereocenters. The molecule has 0 unspecified atom stereocenters. The Labute approximate surface area is 205 Å². The van der Waals surface area contributed by atoms with Crippen LogP contribution >= 0.6 is 0 Å². The number of likely N-dealkylation sites (N-methyl/N-ethyl adjacent to an activating group) is 1. The van der Waals surface area contributed by atoms with E-state index < -0.39 is 0 Å². The van der Waals surface area contributed by atoms with E-state index in [1.807, 2.05) is 18.2 Å². The summed E-state index contributed by atoms with van der Waals surface area (Å²) in [7, 11) is 0. The summed E-state index contributed by atoms with van der Waals surface area (Å²) in [6.07, 6.45) is 2.19. The SMILES string of the molecule is CCN(CCO)Cc1cccc(OC[C@@H]2CC[C@@H]3CN(c4noc5ccc(F)cc45)CCN3C2)n1. The van der Waals surface area contributed by atoms with Gasteiger partial charge >= 0.3 is 0 Å². The molecule has 35 heavy (non-hydrogen) atoms. The monoisotopic (exact) mass is 483 g/mol. The molecular weight excluding hydrogens is 449 g/mol. The van der Waals surface area contributed by atoms with E-state index in [0.29, 0.717) is 43.1 Å². The second-order valence-corrected chi connectivity index (χ2v) is 9.56. The number of ether oxygens (including phenoxy) is 1. The molecule has 0 saturated carbocycles. The van der Waals surface area contributed by atoms with Gasteiger partial charge in [-0.05, 0) is 43.7 Å². The third-order valence-corrected chi connectivity index (χ3v) is 7.22. The van der Waals surface area contributed by atoms with Crippen molar-refractivity contribution in [3.63, 3.8) is 0 Å². The third kappa shape index (κ3) is 5.58. The van der Waals surface area contributed by atoms with Crippen LogP contribution in [0, 0.1) is 11.7 Å². The van der Waals surface area contributed by atoms with Gasteiger partial charge in [-0.2, -0.15) is 0 Å². The predicted octanol–water partition coefficient (Wildman–Crippen LogP) is 3.16. The molecule has 2 aliphatic rings. The van der Waals surface area contributed by atoms with Gasteiger partial charge in [-0.15, -0.1) is 0 Å². The summed E-state index contributed by atoms with van der Waals surface area (Å²) < 4.78 is 25.3. The van der Waals surface area contributed by atoms with Crippen molar-refractivity contribution in [2.24, 2.45) is 5.92 Å². The predicted molar refractivity (Wildman–Crippen MR) is 132 cm³/mol. The van der Waals surface area contributed by atoms with Crippen LogP contribution in [0.25, 0.3) is 11.0 Å². The molecule has 0 aliphatic carbocycles. The molecule has 1 aromatic carbocycles. The number of nitrogens with zero attached hydrogens (tertiary/aromatic N) is 5. The Balaban J connectivity index is 1.14. The number of piperidine rings is 1. The summed E-state index contributed by atoms with van der Waals surface area (Å²) in [4.78, 5) is 11.6. The topological polar surface area (TPSA) is 78.1 Å². The smallest absolute Gasteiger partial charge is 0.213 e. The lowest BCUT2D eigenvalue weighted by atomic mass is 9.91. The van der Waals surface area contributed by atoms with Gasteiger partial charge in [0.05, 0.1) is 24.3 Å². The van der Waals surface area contributed by atoms with Crippen LogP contribution in [0.5, 0.6) is 5.88 Å². The number of piperazine rings is 1. The number of fused-ring (bicyclic) bond motifs is 2. The summed E-state index contributed by atoms with van der Waals surface area (Å²) in [5, 5.41) is 14.2. The molecule has 0 radical (unpaired) electrons. The van der Waals surface area contributed by atoms with Crippen LogP contribution in [0.4, 0.5) is 10.2 Å². The van der Waals surface area contributed by atoms with E-state index in [0.717, 1.165) is 62.5 Å². The Hall–Kier alpha value is -2.75. The normalized spacial score (nSPS) is 21.0.